The van der Waals surface area contributed by atoms with E-state index in [0.717, 1.165) is 6.92 Å². The van der Waals surface area contributed by atoms with Crippen molar-refractivity contribution < 1.29 is 53.4 Å². The fraction of sp³-hybridized carbons (Fsp3) is 0.613. The summed E-state index contributed by atoms with van der Waals surface area (Å²) in [6.07, 6.45) is -7.27. The van der Waals surface area contributed by atoms with E-state index in [2.05, 4.69) is 0 Å². The second-order valence-corrected chi connectivity index (χ2v) is 12.8. The van der Waals surface area contributed by atoms with Gasteiger partial charge in [0.2, 0.25) is 0 Å². The van der Waals surface area contributed by atoms with E-state index in [0.29, 0.717) is 5.57 Å². The molecule has 11 heteroatoms. The Hall–Kier alpha value is -3.12. The molecule has 9 atom stereocenters. The predicted octanol–water partition coefficient (Wildman–Crippen LogP) is 1.65. The van der Waals surface area contributed by atoms with Crippen molar-refractivity contribution in [2.45, 2.75) is 96.1 Å². The van der Waals surface area contributed by atoms with Gasteiger partial charge >= 0.3 is 17.9 Å². The molecule has 3 N–H and O–H groups in total. The van der Waals surface area contributed by atoms with Crippen LogP contribution in [0.15, 0.2) is 41.5 Å². The van der Waals surface area contributed by atoms with Crippen LogP contribution in [0.25, 0.3) is 0 Å². The van der Waals surface area contributed by atoms with Crippen molar-refractivity contribution in [3.63, 3.8) is 0 Å². The molecule has 4 aliphatic rings. The number of hydrogen-bond donors (Lipinski definition) is 3. The highest BCUT2D eigenvalue weighted by Crippen LogP contribution is 2.64. The van der Waals surface area contributed by atoms with Gasteiger partial charge in [-0.05, 0) is 37.1 Å². The normalized spacial score (nSPS) is 40.4. The smallest absolute Gasteiger partial charge is 0.338 e. The monoisotopic (exact) mass is 586 g/mol. The minimum Gasteiger partial charge on any atom is -0.455 e. The standard InChI is InChI=1S/C31H38O11/c1-15-19(34)13-31(38)26(41-27(37)18-10-8-7-9-11-18)24-29(6,20(35)12-21-30(24,14-39-21)42-17(3)33)25(36)23(40-16(2)32)22(15)28(31,4)5/h7-11,19-21,23-24,26,34-35,38H,12-14H2,1-6H3/t19-,20+,21-,23+,24-,26-,29-,30-,31+/m0/s1. The van der Waals surface area contributed by atoms with Crippen LogP contribution in [-0.2, 0) is 33.3 Å². The number of ketones is 1. The molecule has 3 fully saturated rings. The van der Waals surface area contributed by atoms with Crippen molar-refractivity contribution in [2.75, 3.05) is 6.61 Å². The van der Waals surface area contributed by atoms with Crippen LogP contribution in [0.1, 0.15) is 64.7 Å². The van der Waals surface area contributed by atoms with E-state index in [1.807, 2.05) is 0 Å². The van der Waals surface area contributed by atoms with Crippen molar-refractivity contribution in [2.24, 2.45) is 16.7 Å². The molecular weight excluding hydrogens is 548 g/mol. The Kier molecular flexibility index (Phi) is 7.20. The number of aliphatic hydroxyl groups excluding tert-OH is 2. The Bertz CT molecular complexity index is 1350. The van der Waals surface area contributed by atoms with Gasteiger partial charge in [-0.1, -0.05) is 32.0 Å². The lowest BCUT2D eigenvalue weighted by atomic mass is 9.44. The highest BCUT2D eigenvalue weighted by Gasteiger charge is 2.78. The van der Waals surface area contributed by atoms with Gasteiger partial charge in [0.1, 0.15) is 17.8 Å². The van der Waals surface area contributed by atoms with Crippen molar-refractivity contribution in [1.29, 1.82) is 0 Å². The number of fused-ring (bicyclic) bond motifs is 5. The minimum absolute atomic E-state index is 0.110. The van der Waals surface area contributed by atoms with Crippen molar-refractivity contribution in [1.82, 2.24) is 0 Å². The topological polar surface area (TPSA) is 166 Å². The number of Topliss-reactive ketones (excluding diaryl/α,β-unsaturated/α-hetero) is 1. The number of aliphatic hydroxyl groups is 3. The maximum Gasteiger partial charge on any atom is 0.338 e. The fourth-order valence-corrected chi connectivity index (χ4v) is 7.91. The van der Waals surface area contributed by atoms with Gasteiger partial charge in [-0.25, -0.2) is 4.79 Å². The average molecular weight is 587 g/mol. The van der Waals surface area contributed by atoms with Gasteiger partial charge in [-0.2, -0.15) is 0 Å². The number of carbonyl (C=O) groups is 4. The highest BCUT2D eigenvalue weighted by atomic mass is 16.6. The second kappa shape index (κ2) is 9.97. The first-order valence-electron chi connectivity index (χ1n) is 14.1. The summed E-state index contributed by atoms with van der Waals surface area (Å²) >= 11 is 0. The third-order valence-corrected chi connectivity index (χ3v) is 10.2. The lowest BCUT2D eigenvalue weighted by Crippen LogP contribution is -2.81. The molecule has 2 bridgehead atoms. The van der Waals surface area contributed by atoms with E-state index in [1.165, 1.54) is 26.0 Å². The van der Waals surface area contributed by atoms with Gasteiger partial charge in [0.05, 0.1) is 35.7 Å². The molecule has 228 valence electrons. The maximum atomic E-state index is 14.8. The Labute approximate surface area is 243 Å². The van der Waals surface area contributed by atoms with Crippen LogP contribution in [0.3, 0.4) is 0 Å². The largest absolute Gasteiger partial charge is 0.455 e. The number of esters is 3. The summed E-state index contributed by atoms with van der Waals surface area (Å²) in [5, 5.41) is 35.8. The van der Waals surface area contributed by atoms with Gasteiger partial charge in [0, 0.05) is 32.1 Å². The molecule has 0 unspecified atom stereocenters. The van der Waals surface area contributed by atoms with Crippen molar-refractivity contribution in [3.05, 3.63) is 47.0 Å². The van der Waals surface area contributed by atoms with Gasteiger partial charge < -0.3 is 34.3 Å². The molecule has 5 rings (SSSR count). The Morgan fingerprint density at radius 1 is 1.00 bits per heavy atom. The zero-order valence-electron chi connectivity index (χ0n) is 24.6. The van der Waals surface area contributed by atoms with E-state index in [-0.39, 0.29) is 30.6 Å². The zero-order valence-corrected chi connectivity index (χ0v) is 24.6. The molecule has 3 aliphatic carbocycles. The number of benzene rings is 1. The summed E-state index contributed by atoms with van der Waals surface area (Å²) in [6, 6.07) is 8.05. The molecule has 1 aromatic carbocycles. The summed E-state index contributed by atoms with van der Waals surface area (Å²) in [6.45, 7) is 8.42. The summed E-state index contributed by atoms with van der Waals surface area (Å²) < 4.78 is 23.5. The number of ether oxygens (including phenoxy) is 4. The van der Waals surface area contributed by atoms with Crippen LogP contribution in [0.5, 0.6) is 0 Å². The third-order valence-electron chi connectivity index (χ3n) is 10.2. The minimum atomic E-state index is -2.11. The zero-order chi connectivity index (χ0) is 31.0. The molecule has 0 amide bonds. The van der Waals surface area contributed by atoms with Crippen LogP contribution in [0, 0.1) is 16.7 Å². The van der Waals surface area contributed by atoms with Crippen molar-refractivity contribution in [3.8, 4) is 0 Å². The van der Waals surface area contributed by atoms with E-state index in [9.17, 15) is 34.5 Å². The summed E-state index contributed by atoms with van der Waals surface area (Å²) in [4.78, 5) is 53.4. The van der Waals surface area contributed by atoms with Crippen LogP contribution in [0.2, 0.25) is 0 Å². The molecule has 1 aromatic rings. The van der Waals surface area contributed by atoms with Gasteiger partial charge in [-0.15, -0.1) is 0 Å². The highest BCUT2D eigenvalue weighted by molar-refractivity contribution is 5.95. The maximum absolute atomic E-state index is 14.8. The molecule has 11 nitrogen and oxygen atoms in total. The Morgan fingerprint density at radius 3 is 2.19 bits per heavy atom. The number of hydrogen-bond acceptors (Lipinski definition) is 11. The fourth-order valence-electron chi connectivity index (χ4n) is 7.91. The van der Waals surface area contributed by atoms with E-state index in [1.54, 1.807) is 39.0 Å². The molecule has 42 heavy (non-hydrogen) atoms. The molecule has 1 saturated heterocycles. The quantitative estimate of drug-likeness (QED) is 0.267. The lowest BCUT2D eigenvalue weighted by Gasteiger charge is -2.67. The summed E-state index contributed by atoms with van der Waals surface area (Å²) in [5.41, 5.74) is -6.38. The lowest BCUT2D eigenvalue weighted by molar-refractivity contribution is -0.345. The van der Waals surface area contributed by atoms with E-state index >= 15 is 0 Å². The van der Waals surface area contributed by atoms with Crippen LogP contribution in [-0.4, -0.2) is 87.3 Å². The first-order chi connectivity index (χ1) is 19.5. The first-order valence-corrected chi connectivity index (χ1v) is 14.1. The summed E-state index contributed by atoms with van der Waals surface area (Å²) in [5.74, 6) is -4.41. The van der Waals surface area contributed by atoms with Gasteiger partial charge in [0.25, 0.3) is 0 Å². The molecule has 0 radical (unpaired) electrons. The third kappa shape index (κ3) is 4.08. The van der Waals surface area contributed by atoms with Crippen LogP contribution < -0.4 is 0 Å². The van der Waals surface area contributed by atoms with Gasteiger partial charge in [-0.3, -0.25) is 14.4 Å². The molecule has 0 spiro atoms. The molecule has 2 saturated carbocycles. The summed E-state index contributed by atoms with van der Waals surface area (Å²) in [7, 11) is 0. The van der Waals surface area contributed by atoms with Crippen LogP contribution in [0.4, 0.5) is 0 Å². The molecule has 0 aromatic heterocycles. The average Bonchev–Trinajstić information content (AvgIpc) is 2.90. The van der Waals surface area contributed by atoms with Crippen molar-refractivity contribution >= 4 is 23.7 Å². The molecule has 1 aliphatic heterocycles. The number of carbonyl (C=O) groups excluding carboxylic acids is 4. The van der Waals surface area contributed by atoms with E-state index in [4.69, 9.17) is 18.9 Å². The van der Waals surface area contributed by atoms with Gasteiger partial charge in [0.15, 0.2) is 17.5 Å². The Morgan fingerprint density at radius 2 is 1.64 bits per heavy atom. The van der Waals surface area contributed by atoms with Crippen LogP contribution >= 0.6 is 0 Å². The van der Waals surface area contributed by atoms with E-state index < -0.39 is 82.2 Å². The molecule has 1 heterocycles. The second-order valence-electron chi connectivity index (χ2n) is 12.8. The Balaban J connectivity index is 1.84. The number of rotatable bonds is 4. The first kappa shape index (κ1) is 30.3. The molecular formula is C31H38O11. The predicted molar refractivity (Wildman–Crippen MR) is 145 cm³/mol. The SMILES string of the molecule is CC(=O)O[C@H]1C(=O)[C@@]2(C)[C@H](O)C[C@@H]3OC[C@@]3(OC(C)=O)[C@H]2[C@H](OC(=O)c2ccccc2)[C@]2(O)C[C@H](O)C(C)=C1C2(C)C.